The molecule has 0 radical (unpaired) electrons. The van der Waals surface area contributed by atoms with Crippen LogP contribution in [0.15, 0.2) is 22.7 Å². The molecule has 1 fully saturated rings. The second-order valence-corrected chi connectivity index (χ2v) is 5.08. The Morgan fingerprint density at radius 1 is 1.53 bits per heavy atom. The van der Waals surface area contributed by atoms with Gasteiger partial charge >= 0.3 is 0 Å². The average molecular weight is 268 g/mol. The molecule has 1 saturated carbocycles. The van der Waals surface area contributed by atoms with Crippen molar-refractivity contribution in [1.82, 2.24) is 0 Å². The van der Waals surface area contributed by atoms with Crippen LogP contribution in [0.2, 0.25) is 0 Å². The Bertz CT molecular complexity index is 399. The van der Waals surface area contributed by atoms with Crippen molar-refractivity contribution in [2.45, 2.75) is 19.8 Å². The summed E-state index contributed by atoms with van der Waals surface area (Å²) in [5, 5.41) is 0. The largest absolute Gasteiger partial charge is 0.398 e. The van der Waals surface area contributed by atoms with Crippen molar-refractivity contribution in [3.63, 3.8) is 0 Å². The Balaban J connectivity index is 2.21. The number of carbonyl (C=O) groups excluding carboxylic acids is 1. The predicted octanol–water partition coefficient (Wildman–Crippen LogP) is 3.26. The summed E-state index contributed by atoms with van der Waals surface area (Å²) in [6.45, 7) is 2.02. The number of anilines is 1. The van der Waals surface area contributed by atoms with E-state index < -0.39 is 0 Å². The molecule has 0 aliphatic heterocycles. The molecule has 1 unspecified atom stereocenters. The highest BCUT2D eigenvalue weighted by atomic mass is 79.9. The third-order valence-corrected chi connectivity index (χ3v) is 3.71. The lowest BCUT2D eigenvalue weighted by Gasteiger charge is -2.09. The van der Waals surface area contributed by atoms with Crippen LogP contribution >= 0.6 is 15.9 Å². The lowest BCUT2D eigenvalue weighted by atomic mass is 9.95. The Kier molecular flexibility index (Phi) is 2.83. The third kappa shape index (κ3) is 2.23. The van der Waals surface area contributed by atoms with Crippen LogP contribution in [0.5, 0.6) is 0 Å². The number of hydrogen-bond acceptors (Lipinski definition) is 2. The van der Waals surface area contributed by atoms with Crippen LogP contribution in [-0.2, 0) is 0 Å². The number of Topliss-reactive ketones (excluding diaryl/α,β-unsaturated/α-hetero) is 1. The summed E-state index contributed by atoms with van der Waals surface area (Å²) in [5.41, 5.74) is 7.11. The fourth-order valence-electron chi connectivity index (χ4n) is 1.75. The Labute approximate surface area is 98.0 Å². The lowest BCUT2D eigenvalue weighted by molar-refractivity contribution is 0.0916. The van der Waals surface area contributed by atoms with Gasteiger partial charge in [-0.3, -0.25) is 4.79 Å². The van der Waals surface area contributed by atoms with Crippen molar-refractivity contribution in [3.05, 3.63) is 28.2 Å². The van der Waals surface area contributed by atoms with E-state index in [-0.39, 0.29) is 11.7 Å². The van der Waals surface area contributed by atoms with Gasteiger partial charge in [0.2, 0.25) is 0 Å². The molecule has 2 rings (SSSR count). The smallest absolute Gasteiger partial charge is 0.165 e. The first-order valence-corrected chi connectivity index (χ1v) is 5.98. The van der Waals surface area contributed by atoms with E-state index in [0.717, 1.165) is 10.0 Å². The number of carbonyl (C=O) groups is 1. The van der Waals surface area contributed by atoms with Crippen LogP contribution in [-0.4, -0.2) is 5.78 Å². The number of rotatable bonds is 3. The monoisotopic (exact) mass is 267 g/mol. The minimum atomic E-state index is 0.153. The summed E-state index contributed by atoms with van der Waals surface area (Å²) in [5.74, 6) is 0.993. The molecule has 2 nitrogen and oxygen atoms in total. The molecule has 0 amide bonds. The van der Waals surface area contributed by atoms with Gasteiger partial charge in [-0.1, -0.05) is 6.92 Å². The van der Waals surface area contributed by atoms with E-state index in [9.17, 15) is 4.79 Å². The molecular weight excluding hydrogens is 254 g/mol. The lowest BCUT2D eigenvalue weighted by Crippen LogP contribution is -2.13. The summed E-state index contributed by atoms with van der Waals surface area (Å²) < 4.78 is 0.802. The van der Waals surface area contributed by atoms with Crippen LogP contribution in [0.3, 0.4) is 0 Å². The number of benzene rings is 1. The maximum absolute atomic E-state index is 12.0. The van der Waals surface area contributed by atoms with Gasteiger partial charge in [-0.25, -0.2) is 0 Å². The first-order valence-electron chi connectivity index (χ1n) is 5.19. The highest BCUT2D eigenvalue weighted by molar-refractivity contribution is 9.10. The standard InChI is InChI=1S/C12H14BrNO/c1-7(8-2-3-8)12(15)9-4-5-11(14)10(13)6-9/h4-8H,2-3,14H2,1H3. The maximum atomic E-state index is 12.0. The topological polar surface area (TPSA) is 43.1 Å². The van der Waals surface area contributed by atoms with Gasteiger partial charge in [-0.15, -0.1) is 0 Å². The van der Waals surface area contributed by atoms with Crippen LogP contribution < -0.4 is 5.73 Å². The minimum absolute atomic E-state index is 0.153. The minimum Gasteiger partial charge on any atom is -0.398 e. The highest BCUT2D eigenvalue weighted by Gasteiger charge is 2.32. The molecule has 3 heteroatoms. The molecule has 0 spiro atoms. The molecule has 2 N–H and O–H groups in total. The van der Waals surface area contributed by atoms with Crippen molar-refractivity contribution >= 4 is 27.4 Å². The van der Waals surface area contributed by atoms with Crippen molar-refractivity contribution < 1.29 is 4.79 Å². The molecule has 0 aromatic heterocycles. The summed E-state index contributed by atoms with van der Waals surface area (Å²) in [4.78, 5) is 12.0. The number of nitrogens with two attached hydrogens (primary N) is 1. The van der Waals surface area contributed by atoms with Crippen molar-refractivity contribution in [2.75, 3.05) is 5.73 Å². The van der Waals surface area contributed by atoms with E-state index >= 15 is 0 Å². The normalized spacial score (nSPS) is 17.5. The third-order valence-electron chi connectivity index (χ3n) is 3.03. The number of ketones is 1. The van der Waals surface area contributed by atoms with Crippen molar-refractivity contribution in [3.8, 4) is 0 Å². The van der Waals surface area contributed by atoms with Crippen molar-refractivity contribution in [2.24, 2.45) is 11.8 Å². The van der Waals surface area contributed by atoms with E-state index in [0.29, 0.717) is 11.6 Å². The van der Waals surface area contributed by atoms with Crippen LogP contribution in [0.1, 0.15) is 30.1 Å². The summed E-state index contributed by atoms with van der Waals surface area (Å²) in [6.07, 6.45) is 2.39. The van der Waals surface area contributed by atoms with Crippen molar-refractivity contribution in [1.29, 1.82) is 0 Å². The van der Waals surface area contributed by atoms with Gasteiger partial charge in [-0.2, -0.15) is 0 Å². The zero-order chi connectivity index (χ0) is 11.0. The van der Waals surface area contributed by atoms with E-state index in [4.69, 9.17) is 5.73 Å². The molecule has 0 saturated heterocycles. The van der Waals surface area contributed by atoms with E-state index in [1.807, 2.05) is 13.0 Å². The summed E-state index contributed by atoms with van der Waals surface area (Å²) >= 11 is 3.34. The van der Waals surface area contributed by atoms with E-state index in [1.54, 1.807) is 12.1 Å². The van der Waals surface area contributed by atoms with Gasteiger partial charge in [0.25, 0.3) is 0 Å². The summed E-state index contributed by atoms with van der Waals surface area (Å²) in [7, 11) is 0. The zero-order valence-corrected chi connectivity index (χ0v) is 10.3. The Morgan fingerprint density at radius 2 is 2.20 bits per heavy atom. The molecule has 15 heavy (non-hydrogen) atoms. The van der Waals surface area contributed by atoms with Crippen LogP contribution in [0, 0.1) is 11.8 Å². The van der Waals surface area contributed by atoms with Crippen LogP contribution in [0.4, 0.5) is 5.69 Å². The van der Waals surface area contributed by atoms with Gasteiger partial charge in [-0.05, 0) is 52.9 Å². The van der Waals surface area contributed by atoms with Gasteiger partial charge in [0, 0.05) is 21.6 Å². The molecular formula is C12H14BrNO. The number of hydrogen-bond donors (Lipinski definition) is 1. The number of nitrogen functional groups attached to an aromatic ring is 1. The SMILES string of the molecule is CC(C(=O)c1ccc(N)c(Br)c1)C1CC1. The molecule has 0 bridgehead atoms. The zero-order valence-electron chi connectivity index (χ0n) is 8.66. The quantitative estimate of drug-likeness (QED) is 0.675. The van der Waals surface area contributed by atoms with Gasteiger partial charge in [0.15, 0.2) is 5.78 Å². The molecule has 1 atom stereocenters. The number of halogens is 1. The van der Waals surface area contributed by atoms with Crippen LogP contribution in [0.25, 0.3) is 0 Å². The maximum Gasteiger partial charge on any atom is 0.165 e. The Morgan fingerprint density at radius 3 is 2.73 bits per heavy atom. The van der Waals surface area contributed by atoms with Gasteiger partial charge < -0.3 is 5.73 Å². The molecule has 0 heterocycles. The second-order valence-electron chi connectivity index (χ2n) is 4.23. The fraction of sp³-hybridized carbons (Fsp3) is 0.417. The molecule has 1 aromatic carbocycles. The fourth-order valence-corrected chi connectivity index (χ4v) is 2.13. The Hall–Kier alpha value is -0.830. The molecule has 1 aliphatic rings. The molecule has 80 valence electrons. The predicted molar refractivity (Wildman–Crippen MR) is 64.8 cm³/mol. The van der Waals surface area contributed by atoms with Gasteiger partial charge in [0.1, 0.15) is 0 Å². The first kappa shape index (κ1) is 10.7. The molecule has 1 aromatic rings. The molecule has 1 aliphatic carbocycles. The van der Waals surface area contributed by atoms with E-state index in [2.05, 4.69) is 15.9 Å². The highest BCUT2D eigenvalue weighted by Crippen LogP contribution is 2.38. The first-order chi connectivity index (χ1) is 7.09. The van der Waals surface area contributed by atoms with Gasteiger partial charge in [0.05, 0.1) is 0 Å². The second kappa shape index (κ2) is 3.97. The summed E-state index contributed by atoms with van der Waals surface area (Å²) in [6, 6.07) is 5.40. The average Bonchev–Trinajstić information content (AvgIpc) is 3.03. The van der Waals surface area contributed by atoms with E-state index in [1.165, 1.54) is 12.8 Å².